The van der Waals surface area contributed by atoms with Crippen molar-refractivity contribution in [3.05, 3.63) is 29.8 Å². The minimum Gasteiger partial charge on any atom is -0.309 e. The maximum absolute atomic E-state index is 13.7. The number of amides is 1. The van der Waals surface area contributed by atoms with Crippen LogP contribution in [0, 0.1) is 16.2 Å². The summed E-state index contributed by atoms with van der Waals surface area (Å²) in [5.41, 5.74) is 1.15. The molecule has 0 unspecified atom stereocenters. The summed E-state index contributed by atoms with van der Waals surface area (Å²) in [5.74, 6) is 0.455. The van der Waals surface area contributed by atoms with Crippen molar-refractivity contribution < 1.29 is 9.59 Å². The molecule has 3 atom stereocenters. The van der Waals surface area contributed by atoms with E-state index in [1.54, 1.807) is 0 Å². The standard InChI is InChI=1S/C20H25NO2/c1-13-11-14-7-5-6-8-15(14)21(13)17(23)20-10-9-19(4,16(22)12-20)18(20,2)3/h5-8,13H,9-12H2,1-4H3/t13-,19-,20-/m1/s1. The third-order valence-corrected chi connectivity index (χ3v) is 7.54. The Morgan fingerprint density at radius 1 is 1.17 bits per heavy atom. The van der Waals surface area contributed by atoms with E-state index in [9.17, 15) is 9.59 Å². The number of hydrogen-bond acceptors (Lipinski definition) is 2. The van der Waals surface area contributed by atoms with Crippen LogP contribution in [-0.2, 0) is 16.0 Å². The molecule has 0 saturated heterocycles. The highest BCUT2D eigenvalue weighted by Gasteiger charge is 2.73. The lowest BCUT2D eigenvalue weighted by Gasteiger charge is -2.41. The van der Waals surface area contributed by atoms with Gasteiger partial charge in [0, 0.05) is 23.6 Å². The highest BCUT2D eigenvalue weighted by Crippen LogP contribution is 2.71. The van der Waals surface area contributed by atoms with Gasteiger partial charge in [0.15, 0.2) is 0 Å². The minimum absolute atomic E-state index is 0.174. The first kappa shape index (κ1) is 14.9. The predicted octanol–water partition coefficient (Wildman–Crippen LogP) is 3.75. The predicted molar refractivity (Wildman–Crippen MR) is 90.3 cm³/mol. The molecule has 23 heavy (non-hydrogen) atoms. The average Bonchev–Trinajstić information content (AvgIpc) is 2.99. The lowest BCUT2D eigenvalue weighted by molar-refractivity contribution is -0.134. The van der Waals surface area contributed by atoms with Gasteiger partial charge in [-0.25, -0.2) is 0 Å². The lowest BCUT2D eigenvalue weighted by Crippen LogP contribution is -2.50. The van der Waals surface area contributed by atoms with Crippen LogP contribution in [0.5, 0.6) is 0 Å². The first-order chi connectivity index (χ1) is 10.7. The second kappa shape index (κ2) is 4.25. The van der Waals surface area contributed by atoms with Crippen LogP contribution in [-0.4, -0.2) is 17.7 Å². The molecule has 3 heteroatoms. The van der Waals surface area contributed by atoms with Crippen molar-refractivity contribution in [3.63, 3.8) is 0 Å². The molecular formula is C20H25NO2. The highest BCUT2D eigenvalue weighted by atomic mass is 16.2. The fourth-order valence-corrected chi connectivity index (χ4v) is 5.44. The van der Waals surface area contributed by atoms with Crippen molar-refractivity contribution in [2.45, 2.75) is 59.4 Å². The Hall–Kier alpha value is -1.64. The molecule has 1 aliphatic heterocycles. The van der Waals surface area contributed by atoms with E-state index in [0.717, 1.165) is 24.9 Å². The molecule has 4 rings (SSSR count). The Bertz CT molecular complexity index is 722. The second-order valence-electron chi connectivity index (χ2n) is 8.50. The average molecular weight is 311 g/mol. The number of anilines is 1. The molecule has 3 nitrogen and oxygen atoms in total. The number of carbonyl (C=O) groups is 2. The molecule has 122 valence electrons. The number of ketones is 1. The van der Waals surface area contributed by atoms with Gasteiger partial charge in [-0.05, 0) is 43.2 Å². The van der Waals surface area contributed by atoms with E-state index < -0.39 is 5.41 Å². The van der Waals surface area contributed by atoms with Crippen LogP contribution in [0.25, 0.3) is 0 Å². The van der Waals surface area contributed by atoms with Crippen molar-refractivity contribution >= 4 is 17.4 Å². The zero-order valence-corrected chi connectivity index (χ0v) is 14.5. The second-order valence-corrected chi connectivity index (χ2v) is 8.50. The summed E-state index contributed by atoms with van der Waals surface area (Å²) in [5, 5.41) is 0. The third-order valence-electron chi connectivity index (χ3n) is 7.54. The monoisotopic (exact) mass is 311 g/mol. The van der Waals surface area contributed by atoms with E-state index >= 15 is 0 Å². The van der Waals surface area contributed by atoms with Crippen LogP contribution in [0.2, 0.25) is 0 Å². The van der Waals surface area contributed by atoms with E-state index in [1.807, 2.05) is 23.1 Å². The summed E-state index contributed by atoms with van der Waals surface area (Å²) in [4.78, 5) is 28.3. The van der Waals surface area contributed by atoms with E-state index in [-0.39, 0.29) is 28.6 Å². The fraction of sp³-hybridized carbons (Fsp3) is 0.600. The van der Waals surface area contributed by atoms with Gasteiger partial charge in [0.1, 0.15) is 5.78 Å². The Labute approximate surface area is 138 Å². The van der Waals surface area contributed by atoms with Gasteiger partial charge in [0.2, 0.25) is 5.91 Å². The molecule has 1 aromatic carbocycles. The SMILES string of the molecule is C[C@@H]1Cc2ccccc2N1C(=O)[C@@]12CC[C@](C)(C(=O)C1)C2(C)C. The van der Waals surface area contributed by atoms with Crippen molar-refractivity contribution in [1.29, 1.82) is 0 Å². The molecular weight excluding hydrogens is 286 g/mol. The van der Waals surface area contributed by atoms with Crippen LogP contribution >= 0.6 is 0 Å². The third kappa shape index (κ3) is 1.51. The number of rotatable bonds is 1. The number of carbonyl (C=O) groups excluding carboxylic acids is 2. The maximum atomic E-state index is 13.7. The van der Waals surface area contributed by atoms with Crippen LogP contribution in [0.3, 0.4) is 0 Å². The van der Waals surface area contributed by atoms with Crippen molar-refractivity contribution in [2.24, 2.45) is 16.2 Å². The van der Waals surface area contributed by atoms with Gasteiger partial charge in [0.05, 0.1) is 5.41 Å². The number of hydrogen-bond donors (Lipinski definition) is 0. The van der Waals surface area contributed by atoms with Gasteiger partial charge in [-0.2, -0.15) is 0 Å². The van der Waals surface area contributed by atoms with E-state index in [1.165, 1.54) is 5.56 Å². The first-order valence-electron chi connectivity index (χ1n) is 8.69. The smallest absolute Gasteiger partial charge is 0.234 e. The molecule has 3 aliphatic rings. The first-order valence-corrected chi connectivity index (χ1v) is 8.69. The topological polar surface area (TPSA) is 37.4 Å². The molecule has 0 spiro atoms. The molecule has 0 aromatic heterocycles. The minimum atomic E-state index is -0.523. The molecule has 0 N–H and O–H groups in total. The number of benzene rings is 1. The number of fused-ring (bicyclic) bond motifs is 3. The molecule has 2 saturated carbocycles. The lowest BCUT2D eigenvalue weighted by atomic mass is 9.64. The Morgan fingerprint density at radius 3 is 2.48 bits per heavy atom. The zero-order chi connectivity index (χ0) is 16.6. The van der Waals surface area contributed by atoms with Crippen LogP contribution in [0.4, 0.5) is 5.69 Å². The number of para-hydroxylation sites is 1. The molecule has 0 radical (unpaired) electrons. The molecule has 2 aliphatic carbocycles. The zero-order valence-electron chi connectivity index (χ0n) is 14.5. The van der Waals surface area contributed by atoms with Gasteiger partial charge >= 0.3 is 0 Å². The summed E-state index contributed by atoms with van der Waals surface area (Å²) in [6.45, 7) is 8.45. The molecule has 2 bridgehead atoms. The van der Waals surface area contributed by atoms with Gasteiger partial charge in [-0.3, -0.25) is 9.59 Å². The summed E-state index contributed by atoms with van der Waals surface area (Å²) in [6.07, 6.45) is 3.01. The van der Waals surface area contributed by atoms with E-state index in [0.29, 0.717) is 6.42 Å². The quantitative estimate of drug-likeness (QED) is 0.792. The Kier molecular flexibility index (Phi) is 2.76. The Morgan fingerprint density at radius 2 is 1.87 bits per heavy atom. The van der Waals surface area contributed by atoms with Crippen LogP contribution in [0.1, 0.15) is 52.5 Å². The van der Waals surface area contributed by atoms with Gasteiger partial charge in [-0.1, -0.05) is 39.0 Å². The van der Waals surface area contributed by atoms with Crippen molar-refractivity contribution in [2.75, 3.05) is 4.90 Å². The maximum Gasteiger partial charge on any atom is 0.234 e. The summed E-state index contributed by atoms with van der Waals surface area (Å²) >= 11 is 0. The molecule has 1 heterocycles. The molecule has 1 aromatic rings. The largest absolute Gasteiger partial charge is 0.309 e. The number of Topliss-reactive ketones (excluding diaryl/α,β-unsaturated/α-hetero) is 1. The normalized spacial score (nSPS) is 37.3. The van der Waals surface area contributed by atoms with Crippen molar-refractivity contribution in [3.8, 4) is 0 Å². The van der Waals surface area contributed by atoms with E-state index in [2.05, 4.69) is 33.8 Å². The van der Waals surface area contributed by atoms with Gasteiger partial charge < -0.3 is 4.90 Å². The summed E-state index contributed by atoms with van der Waals surface area (Å²) in [7, 11) is 0. The summed E-state index contributed by atoms with van der Waals surface area (Å²) in [6, 6.07) is 8.37. The fourth-order valence-electron chi connectivity index (χ4n) is 5.44. The Balaban J connectivity index is 1.80. The van der Waals surface area contributed by atoms with Gasteiger partial charge in [0.25, 0.3) is 0 Å². The number of nitrogens with zero attached hydrogens (tertiary/aromatic N) is 1. The van der Waals surface area contributed by atoms with Crippen LogP contribution in [0.15, 0.2) is 24.3 Å². The highest BCUT2D eigenvalue weighted by molar-refractivity contribution is 6.07. The van der Waals surface area contributed by atoms with Crippen LogP contribution < -0.4 is 4.90 Å². The summed E-state index contributed by atoms with van der Waals surface area (Å²) < 4.78 is 0. The van der Waals surface area contributed by atoms with Crippen molar-refractivity contribution in [1.82, 2.24) is 0 Å². The molecule has 1 amide bonds. The molecule has 2 fully saturated rings. The van der Waals surface area contributed by atoms with E-state index in [4.69, 9.17) is 0 Å². The van der Waals surface area contributed by atoms with Gasteiger partial charge in [-0.15, -0.1) is 0 Å².